The standard InChI is InChI=1S/C20H19BrN2O4/c1-12-7-8-16(14(9-12)20(26)27-2)22-19(25)13-10-18(24)23(11-13)17-6-4-3-5-15(17)21/h3-9,13H,10-11H2,1-2H3,(H,22,25). The Kier molecular flexibility index (Phi) is 5.60. The Hall–Kier alpha value is -2.67. The van der Waals surface area contributed by atoms with E-state index in [1.54, 1.807) is 23.1 Å². The quantitative estimate of drug-likeness (QED) is 0.752. The summed E-state index contributed by atoms with van der Waals surface area (Å²) in [5.41, 5.74) is 2.29. The lowest BCUT2D eigenvalue weighted by Gasteiger charge is -2.18. The molecule has 0 bridgehead atoms. The maximum atomic E-state index is 12.7. The summed E-state index contributed by atoms with van der Waals surface area (Å²) in [5, 5.41) is 2.77. The second-order valence-electron chi connectivity index (χ2n) is 6.39. The third-order valence-corrected chi connectivity index (χ3v) is 5.15. The number of carbonyl (C=O) groups is 3. The average Bonchev–Trinajstić information content (AvgIpc) is 3.04. The molecule has 1 fully saturated rings. The van der Waals surface area contributed by atoms with Crippen molar-refractivity contribution in [2.75, 3.05) is 23.9 Å². The number of hydrogen-bond acceptors (Lipinski definition) is 4. The zero-order valence-corrected chi connectivity index (χ0v) is 16.6. The Morgan fingerprint density at radius 2 is 1.96 bits per heavy atom. The lowest BCUT2D eigenvalue weighted by Crippen LogP contribution is -2.28. The summed E-state index contributed by atoms with van der Waals surface area (Å²) in [5.74, 6) is -1.44. The molecule has 0 saturated carbocycles. The van der Waals surface area contributed by atoms with Crippen molar-refractivity contribution in [2.45, 2.75) is 13.3 Å². The minimum Gasteiger partial charge on any atom is -0.465 e. The van der Waals surface area contributed by atoms with E-state index in [9.17, 15) is 14.4 Å². The van der Waals surface area contributed by atoms with E-state index in [2.05, 4.69) is 21.2 Å². The van der Waals surface area contributed by atoms with Crippen molar-refractivity contribution in [1.82, 2.24) is 0 Å². The molecular weight excluding hydrogens is 412 g/mol. The summed E-state index contributed by atoms with van der Waals surface area (Å²) in [6.07, 6.45) is 0.118. The van der Waals surface area contributed by atoms with Crippen molar-refractivity contribution in [3.63, 3.8) is 0 Å². The number of amides is 2. The first-order valence-corrected chi connectivity index (χ1v) is 9.24. The molecule has 2 aromatic rings. The summed E-state index contributed by atoms with van der Waals surface area (Å²) in [4.78, 5) is 38.7. The van der Waals surface area contributed by atoms with Crippen molar-refractivity contribution in [3.8, 4) is 0 Å². The predicted octanol–water partition coefficient (Wildman–Crippen LogP) is 3.54. The van der Waals surface area contributed by atoms with E-state index >= 15 is 0 Å². The molecule has 0 spiro atoms. The Bertz CT molecular complexity index is 913. The molecule has 2 amide bonds. The topological polar surface area (TPSA) is 75.7 Å². The second-order valence-corrected chi connectivity index (χ2v) is 7.24. The van der Waals surface area contributed by atoms with E-state index in [-0.39, 0.29) is 30.3 Å². The molecule has 0 aliphatic carbocycles. The van der Waals surface area contributed by atoms with Crippen molar-refractivity contribution < 1.29 is 19.1 Å². The molecule has 140 valence electrons. The van der Waals surface area contributed by atoms with Gasteiger partial charge in [0.1, 0.15) is 0 Å². The molecule has 7 heteroatoms. The lowest BCUT2D eigenvalue weighted by atomic mass is 10.1. The van der Waals surface area contributed by atoms with Gasteiger partial charge in [0.25, 0.3) is 0 Å². The average molecular weight is 431 g/mol. The van der Waals surface area contributed by atoms with Crippen LogP contribution in [0.3, 0.4) is 0 Å². The van der Waals surface area contributed by atoms with Crippen LogP contribution in [0.5, 0.6) is 0 Å². The highest BCUT2D eigenvalue weighted by atomic mass is 79.9. The van der Waals surface area contributed by atoms with Crippen LogP contribution in [0, 0.1) is 12.8 Å². The van der Waals surface area contributed by atoms with Crippen LogP contribution < -0.4 is 10.2 Å². The zero-order chi connectivity index (χ0) is 19.6. The summed E-state index contributed by atoms with van der Waals surface area (Å²) >= 11 is 3.44. The molecule has 1 unspecified atom stereocenters. The third-order valence-electron chi connectivity index (χ3n) is 4.48. The number of rotatable bonds is 4. The highest BCUT2D eigenvalue weighted by Gasteiger charge is 2.36. The van der Waals surface area contributed by atoms with Crippen LogP contribution in [0.15, 0.2) is 46.9 Å². The molecule has 1 aliphatic heterocycles. The number of aryl methyl sites for hydroxylation is 1. The van der Waals surface area contributed by atoms with Gasteiger partial charge in [-0.25, -0.2) is 4.79 Å². The molecule has 27 heavy (non-hydrogen) atoms. The Morgan fingerprint density at radius 3 is 2.67 bits per heavy atom. The van der Waals surface area contributed by atoms with Crippen molar-refractivity contribution >= 4 is 45.1 Å². The molecule has 1 atom stereocenters. The molecule has 1 saturated heterocycles. The summed E-state index contributed by atoms with van der Waals surface area (Å²) in [6.45, 7) is 2.13. The van der Waals surface area contributed by atoms with Crippen LogP contribution in [0.25, 0.3) is 0 Å². The molecule has 1 aliphatic rings. The van der Waals surface area contributed by atoms with Crippen LogP contribution in [0.4, 0.5) is 11.4 Å². The van der Waals surface area contributed by atoms with Gasteiger partial charge < -0.3 is 15.0 Å². The number of halogens is 1. The molecule has 0 aromatic heterocycles. The van der Waals surface area contributed by atoms with Gasteiger partial charge in [-0.3, -0.25) is 9.59 Å². The second kappa shape index (κ2) is 7.92. The van der Waals surface area contributed by atoms with Gasteiger partial charge in [0.15, 0.2) is 0 Å². The minimum absolute atomic E-state index is 0.112. The molecule has 3 rings (SSSR count). The maximum Gasteiger partial charge on any atom is 0.339 e. The van der Waals surface area contributed by atoms with Crippen LogP contribution >= 0.6 is 15.9 Å². The van der Waals surface area contributed by atoms with Gasteiger partial charge in [-0.1, -0.05) is 23.8 Å². The fraction of sp³-hybridized carbons (Fsp3) is 0.250. The largest absolute Gasteiger partial charge is 0.465 e. The van der Waals surface area contributed by atoms with E-state index < -0.39 is 11.9 Å². The van der Waals surface area contributed by atoms with Crippen LogP contribution in [-0.4, -0.2) is 31.4 Å². The fourth-order valence-electron chi connectivity index (χ4n) is 3.07. The van der Waals surface area contributed by atoms with Crippen LogP contribution in [-0.2, 0) is 14.3 Å². The Balaban J connectivity index is 1.78. The van der Waals surface area contributed by atoms with Gasteiger partial charge in [-0.05, 0) is 47.1 Å². The molecule has 0 radical (unpaired) electrons. The van der Waals surface area contributed by atoms with Gasteiger partial charge >= 0.3 is 5.97 Å². The van der Waals surface area contributed by atoms with E-state index in [4.69, 9.17) is 4.74 Å². The van der Waals surface area contributed by atoms with E-state index in [1.807, 2.05) is 31.2 Å². The minimum atomic E-state index is -0.522. The molecular formula is C20H19BrN2O4. The van der Waals surface area contributed by atoms with Crippen molar-refractivity contribution in [3.05, 3.63) is 58.1 Å². The lowest BCUT2D eigenvalue weighted by molar-refractivity contribution is -0.122. The zero-order valence-electron chi connectivity index (χ0n) is 15.0. The van der Waals surface area contributed by atoms with Gasteiger partial charge in [-0.15, -0.1) is 0 Å². The number of benzene rings is 2. The SMILES string of the molecule is COC(=O)c1cc(C)ccc1NC(=O)C1CC(=O)N(c2ccccc2Br)C1. The number of anilines is 2. The number of nitrogens with zero attached hydrogens (tertiary/aromatic N) is 1. The van der Waals surface area contributed by atoms with E-state index in [1.165, 1.54) is 7.11 Å². The number of carbonyl (C=O) groups excluding carboxylic acids is 3. The van der Waals surface area contributed by atoms with Gasteiger partial charge in [0.2, 0.25) is 11.8 Å². The third kappa shape index (κ3) is 4.03. The van der Waals surface area contributed by atoms with E-state index in [0.29, 0.717) is 5.69 Å². The van der Waals surface area contributed by atoms with Crippen LogP contribution in [0.2, 0.25) is 0 Å². The molecule has 2 aromatic carbocycles. The fourth-order valence-corrected chi connectivity index (χ4v) is 3.57. The first kappa shape index (κ1) is 19.1. The highest BCUT2D eigenvalue weighted by molar-refractivity contribution is 9.10. The Morgan fingerprint density at radius 1 is 1.22 bits per heavy atom. The first-order valence-electron chi connectivity index (χ1n) is 8.45. The number of hydrogen-bond donors (Lipinski definition) is 1. The Labute approximate surface area is 165 Å². The monoisotopic (exact) mass is 430 g/mol. The van der Waals surface area contributed by atoms with Crippen molar-refractivity contribution in [2.24, 2.45) is 5.92 Å². The summed E-state index contributed by atoms with van der Waals surface area (Å²) < 4.78 is 5.58. The smallest absolute Gasteiger partial charge is 0.339 e. The molecule has 1 heterocycles. The summed E-state index contributed by atoms with van der Waals surface area (Å²) in [6, 6.07) is 12.5. The number of ether oxygens (including phenoxy) is 1. The van der Waals surface area contributed by atoms with Gasteiger partial charge in [0, 0.05) is 17.4 Å². The first-order chi connectivity index (χ1) is 12.9. The predicted molar refractivity (Wildman–Crippen MR) is 106 cm³/mol. The number of esters is 1. The maximum absolute atomic E-state index is 12.7. The normalized spacial score (nSPS) is 16.3. The molecule has 1 N–H and O–H groups in total. The van der Waals surface area contributed by atoms with Crippen molar-refractivity contribution in [1.29, 1.82) is 0 Å². The molecule has 6 nitrogen and oxygen atoms in total. The number of methoxy groups -OCH3 is 1. The van der Waals surface area contributed by atoms with Crippen LogP contribution in [0.1, 0.15) is 22.3 Å². The number of nitrogens with one attached hydrogen (secondary N) is 1. The van der Waals surface area contributed by atoms with Gasteiger partial charge in [-0.2, -0.15) is 0 Å². The summed E-state index contributed by atoms with van der Waals surface area (Å²) in [7, 11) is 1.29. The highest BCUT2D eigenvalue weighted by Crippen LogP contribution is 2.32. The van der Waals surface area contributed by atoms with E-state index in [0.717, 1.165) is 15.7 Å². The number of para-hydroxylation sites is 1. The van der Waals surface area contributed by atoms with Gasteiger partial charge in [0.05, 0.1) is 30.0 Å².